The monoisotopic (exact) mass is 569 g/mol. The highest BCUT2D eigenvalue weighted by molar-refractivity contribution is 5.71. The molecule has 2 aliphatic heterocycles. The summed E-state index contributed by atoms with van der Waals surface area (Å²) in [6.07, 6.45) is -4.96. The van der Waals surface area contributed by atoms with Crippen LogP contribution < -0.4 is 4.74 Å². The molecular formula is C30H33F6NO3. The summed E-state index contributed by atoms with van der Waals surface area (Å²) in [5, 5.41) is 9.66. The fraction of sp³-hybridized carbons (Fsp3) is 0.567. The molecule has 3 aliphatic rings. The van der Waals surface area contributed by atoms with Crippen molar-refractivity contribution in [1.82, 2.24) is 4.90 Å². The van der Waals surface area contributed by atoms with E-state index in [1.807, 2.05) is 18.2 Å². The van der Waals surface area contributed by atoms with Gasteiger partial charge in [-0.3, -0.25) is 9.69 Å². The largest absolute Gasteiger partial charge is 0.486 e. The van der Waals surface area contributed by atoms with Gasteiger partial charge in [0.2, 0.25) is 0 Å². The van der Waals surface area contributed by atoms with E-state index >= 15 is 0 Å². The fourth-order valence-electron chi connectivity index (χ4n) is 6.59. The predicted molar refractivity (Wildman–Crippen MR) is 136 cm³/mol. The molecule has 0 amide bonds. The standard InChI is InChI=1S/C30H33F6NO3/c1-17(27(38)39)26(20-5-6-20)21-7-4-19-10-12-28(40-25(19)14-21)11-3-13-37(16-28)18(2)23-15-22(29(31,32)33)8-9-24(23)30(34,35)36/h4,7-9,14-15,17-18,20,26H,3,5-6,10-13,16H2,1-2H3,(H,38,39)/t17-,18-,26-,28?/m0/s1. The second-order valence-corrected chi connectivity index (χ2v) is 11.7. The number of ether oxygens (including phenoxy) is 1. The third kappa shape index (κ3) is 5.69. The Kier molecular flexibility index (Phi) is 7.38. The Morgan fingerprint density at radius 2 is 1.75 bits per heavy atom. The van der Waals surface area contributed by atoms with Crippen LogP contribution in [0.4, 0.5) is 26.3 Å². The smallest absolute Gasteiger partial charge is 0.416 e. The van der Waals surface area contributed by atoms with Gasteiger partial charge in [0.25, 0.3) is 0 Å². The number of nitrogens with zero attached hydrogens (tertiary/aromatic N) is 1. The Balaban J connectivity index is 1.42. The van der Waals surface area contributed by atoms with Gasteiger partial charge in [0.15, 0.2) is 0 Å². The second-order valence-electron chi connectivity index (χ2n) is 11.7. The number of aryl methyl sites for hydroxylation is 1. The van der Waals surface area contributed by atoms with Gasteiger partial charge >= 0.3 is 18.3 Å². The zero-order valence-corrected chi connectivity index (χ0v) is 22.4. The van der Waals surface area contributed by atoms with Gasteiger partial charge < -0.3 is 9.84 Å². The van der Waals surface area contributed by atoms with E-state index in [1.54, 1.807) is 11.8 Å². The number of likely N-dealkylation sites (tertiary alicyclic amines) is 1. The SMILES string of the molecule is C[C@H](C(=O)O)[C@H](c1ccc2c(c1)OC1(CCCN([C@@H](C)c3cc(C(F)(F)F)ccc3C(F)(F)F)C1)CC2)C1CC1. The van der Waals surface area contributed by atoms with E-state index in [2.05, 4.69) is 0 Å². The molecule has 1 saturated carbocycles. The van der Waals surface area contributed by atoms with Crippen LogP contribution in [0.15, 0.2) is 36.4 Å². The van der Waals surface area contributed by atoms with Crippen molar-refractivity contribution < 1.29 is 41.0 Å². The molecule has 0 aromatic heterocycles. The highest BCUT2D eigenvalue weighted by atomic mass is 19.4. The van der Waals surface area contributed by atoms with Crippen LogP contribution in [0.25, 0.3) is 0 Å². The number of piperidine rings is 1. The highest BCUT2D eigenvalue weighted by Gasteiger charge is 2.45. The van der Waals surface area contributed by atoms with Gasteiger partial charge in [-0.1, -0.05) is 19.1 Å². The lowest BCUT2D eigenvalue weighted by Gasteiger charge is -2.47. The lowest BCUT2D eigenvalue weighted by molar-refractivity contribution is -0.142. The Bertz CT molecular complexity index is 1270. The van der Waals surface area contributed by atoms with Crippen LogP contribution in [0.1, 0.15) is 85.7 Å². The summed E-state index contributed by atoms with van der Waals surface area (Å²) >= 11 is 0. The van der Waals surface area contributed by atoms with Crippen molar-refractivity contribution in [3.63, 3.8) is 0 Å². The lowest BCUT2D eigenvalue weighted by atomic mass is 9.80. The second kappa shape index (κ2) is 10.3. The topological polar surface area (TPSA) is 49.8 Å². The molecule has 10 heteroatoms. The number of carboxylic acids is 1. The van der Waals surface area contributed by atoms with Crippen molar-refractivity contribution in [3.05, 3.63) is 64.2 Å². The molecule has 5 rings (SSSR count). The van der Waals surface area contributed by atoms with Crippen LogP contribution in [0, 0.1) is 11.8 Å². The van der Waals surface area contributed by atoms with Gasteiger partial charge in [0, 0.05) is 12.6 Å². The molecule has 218 valence electrons. The molecule has 2 heterocycles. The van der Waals surface area contributed by atoms with Crippen molar-refractivity contribution in [2.45, 2.75) is 82.3 Å². The zero-order chi connectivity index (χ0) is 29.0. The summed E-state index contributed by atoms with van der Waals surface area (Å²) in [5.74, 6) is -0.561. The summed E-state index contributed by atoms with van der Waals surface area (Å²) < 4.78 is 88.3. The van der Waals surface area contributed by atoms with E-state index in [4.69, 9.17) is 4.74 Å². The molecule has 4 nitrogen and oxygen atoms in total. The van der Waals surface area contributed by atoms with E-state index in [1.165, 1.54) is 6.92 Å². The predicted octanol–water partition coefficient (Wildman–Crippen LogP) is 7.86. The zero-order valence-electron chi connectivity index (χ0n) is 22.4. The number of rotatable bonds is 6. The Hall–Kier alpha value is -2.75. The molecule has 2 aromatic carbocycles. The molecule has 4 atom stereocenters. The number of carboxylic acid groups (broad SMARTS) is 1. The van der Waals surface area contributed by atoms with Crippen LogP contribution >= 0.6 is 0 Å². The third-order valence-corrected chi connectivity index (χ3v) is 8.96. The Morgan fingerprint density at radius 1 is 1.02 bits per heavy atom. The van der Waals surface area contributed by atoms with Crippen molar-refractivity contribution >= 4 is 5.97 Å². The van der Waals surface area contributed by atoms with Crippen LogP contribution in [-0.4, -0.2) is 34.7 Å². The molecule has 40 heavy (non-hydrogen) atoms. The molecule has 1 aliphatic carbocycles. The van der Waals surface area contributed by atoms with Crippen molar-refractivity contribution in [2.75, 3.05) is 13.1 Å². The number of alkyl halides is 6. The highest BCUT2D eigenvalue weighted by Crippen LogP contribution is 2.49. The maximum atomic E-state index is 13.8. The van der Waals surface area contributed by atoms with E-state index in [9.17, 15) is 36.2 Å². The van der Waals surface area contributed by atoms with E-state index in [0.717, 1.165) is 24.0 Å². The molecular weight excluding hydrogens is 536 g/mol. The van der Waals surface area contributed by atoms with Gasteiger partial charge in [-0.15, -0.1) is 0 Å². The van der Waals surface area contributed by atoms with Crippen molar-refractivity contribution in [3.8, 4) is 5.75 Å². The first-order chi connectivity index (χ1) is 18.7. The van der Waals surface area contributed by atoms with Crippen molar-refractivity contribution in [1.29, 1.82) is 0 Å². The molecule has 1 spiro atoms. The van der Waals surface area contributed by atoms with Gasteiger partial charge in [0.05, 0.1) is 17.0 Å². The molecule has 0 bridgehead atoms. The fourth-order valence-corrected chi connectivity index (χ4v) is 6.59. The average molecular weight is 570 g/mol. The molecule has 2 aromatic rings. The number of benzene rings is 2. The van der Waals surface area contributed by atoms with Gasteiger partial charge in [0.1, 0.15) is 11.4 Å². The minimum atomic E-state index is -4.79. The van der Waals surface area contributed by atoms with Crippen molar-refractivity contribution in [2.24, 2.45) is 11.8 Å². The average Bonchev–Trinajstić information content (AvgIpc) is 3.72. The molecule has 1 saturated heterocycles. The summed E-state index contributed by atoms with van der Waals surface area (Å²) in [5.41, 5.74) is -1.35. The van der Waals surface area contributed by atoms with E-state index < -0.39 is 52.6 Å². The molecule has 1 unspecified atom stereocenters. The van der Waals surface area contributed by atoms with Crippen LogP contribution in [0.3, 0.4) is 0 Å². The Labute approximate surface area is 229 Å². The van der Waals surface area contributed by atoms with Gasteiger partial charge in [-0.2, -0.15) is 26.3 Å². The van der Waals surface area contributed by atoms with Crippen LogP contribution in [0.2, 0.25) is 0 Å². The van der Waals surface area contributed by atoms with Crippen LogP contribution in [-0.2, 0) is 23.6 Å². The summed E-state index contributed by atoms with van der Waals surface area (Å²) in [4.78, 5) is 13.6. The number of carbonyl (C=O) groups is 1. The first-order valence-corrected chi connectivity index (χ1v) is 13.8. The van der Waals surface area contributed by atoms with Gasteiger partial charge in [-0.05, 0) is 105 Å². The molecule has 0 radical (unpaired) electrons. The maximum absolute atomic E-state index is 13.8. The summed E-state index contributed by atoms with van der Waals surface area (Å²) in [6, 6.07) is 6.60. The number of halogens is 6. The quantitative estimate of drug-likeness (QED) is 0.360. The Morgan fingerprint density at radius 3 is 2.38 bits per heavy atom. The third-order valence-electron chi connectivity index (χ3n) is 8.96. The number of hydrogen-bond acceptors (Lipinski definition) is 3. The number of fused-ring (bicyclic) bond motifs is 1. The van der Waals surface area contributed by atoms with E-state index in [0.29, 0.717) is 62.1 Å². The minimum absolute atomic E-state index is 0.131. The summed E-state index contributed by atoms with van der Waals surface area (Å²) in [7, 11) is 0. The number of aliphatic carboxylic acids is 1. The maximum Gasteiger partial charge on any atom is 0.416 e. The lowest BCUT2D eigenvalue weighted by Crippen LogP contribution is -2.54. The first-order valence-electron chi connectivity index (χ1n) is 13.8. The molecule has 1 N–H and O–H groups in total. The van der Waals surface area contributed by atoms with E-state index in [-0.39, 0.29) is 12.5 Å². The first kappa shape index (κ1) is 28.8. The summed E-state index contributed by atoms with van der Waals surface area (Å²) in [6.45, 7) is 3.96. The number of hydrogen-bond donors (Lipinski definition) is 1. The van der Waals surface area contributed by atoms with Gasteiger partial charge in [-0.25, -0.2) is 0 Å². The minimum Gasteiger partial charge on any atom is -0.486 e. The normalized spacial score (nSPS) is 24.2. The molecule has 2 fully saturated rings. The van der Waals surface area contributed by atoms with Crippen LogP contribution in [0.5, 0.6) is 5.75 Å².